The quantitative estimate of drug-likeness (QED) is 0.233. The third-order valence-electron chi connectivity index (χ3n) is 7.02. The zero-order valence-corrected chi connectivity index (χ0v) is 24.5. The highest BCUT2D eigenvalue weighted by Gasteiger charge is 2.56. The monoisotopic (exact) mass is 595 g/mol. The summed E-state index contributed by atoms with van der Waals surface area (Å²) >= 11 is 0. The first-order valence-corrected chi connectivity index (χ1v) is 15.6. The molecule has 5 atom stereocenters. The minimum absolute atomic E-state index is 0.00942. The molecule has 0 amide bonds. The number of imidazole rings is 1. The van der Waals surface area contributed by atoms with Gasteiger partial charge in [-0.15, -0.1) is 0 Å². The van der Waals surface area contributed by atoms with Crippen LogP contribution < -0.4 is 5.32 Å². The van der Waals surface area contributed by atoms with Gasteiger partial charge in [-0.3, -0.25) is 9.13 Å². The Labute approximate surface area is 243 Å². The van der Waals surface area contributed by atoms with E-state index in [0.717, 1.165) is 11.1 Å². The van der Waals surface area contributed by atoms with Gasteiger partial charge in [0.05, 0.1) is 19.5 Å². The predicted octanol–water partition coefficient (Wildman–Crippen LogP) is 4.72. The number of nitrogens with zero attached hydrogens (tertiary/aromatic N) is 4. The molecule has 2 aliphatic heterocycles. The average Bonchev–Trinajstić information content (AvgIpc) is 3.63. The largest absolute Gasteiger partial charge is 0.366 e. The summed E-state index contributed by atoms with van der Waals surface area (Å²) in [5.74, 6) is 0.263. The van der Waals surface area contributed by atoms with E-state index in [1.54, 1.807) is 13.3 Å². The van der Waals surface area contributed by atoms with E-state index < -0.39 is 44.3 Å². The van der Waals surface area contributed by atoms with Crippen molar-refractivity contribution < 1.29 is 32.9 Å². The molecule has 2 aliphatic rings. The summed E-state index contributed by atoms with van der Waals surface area (Å²) < 4.78 is 43.3. The van der Waals surface area contributed by atoms with Gasteiger partial charge in [0.1, 0.15) is 24.7 Å². The van der Waals surface area contributed by atoms with Crippen molar-refractivity contribution in [2.75, 3.05) is 24.9 Å². The van der Waals surface area contributed by atoms with Crippen molar-refractivity contribution in [1.82, 2.24) is 19.5 Å². The first kappa shape index (κ1) is 28.9. The Bertz CT molecular complexity index is 1570. The van der Waals surface area contributed by atoms with E-state index >= 15 is 0 Å². The number of hydrogen-bond donors (Lipinski definition) is 2. The summed E-state index contributed by atoms with van der Waals surface area (Å²) in [6, 6.07) is 19.8. The third-order valence-corrected chi connectivity index (χ3v) is 8.19. The number of ether oxygens (including phenoxy) is 4. The SMILES string of the molecule is CCOP(=O)(O)COC[C@H]1O[C@@H](n2cnc3c(NCc4ccccc4)nc(-c4ccccc4)nc32)[C@@H]2OC(C)(C)O[C@@H]21. The number of rotatable bonds is 11. The molecule has 2 saturated heterocycles. The molecule has 12 nitrogen and oxygen atoms in total. The molecule has 0 saturated carbocycles. The number of benzene rings is 2. The average molecular weight is 596 g/mol. The van der Waals surface area contributed by atoms with E-state index in [9.17, 15) is 9.46 Å². The van der Waals surface area contributed by atoms with Gasteiger partial charge in [0.15, 0.2) is 34.8 Å². The van der Waals surface area contributed by atoms with Gasteiger partial charge in [0.25, 0.3) is 0 Å². The van der Waals surface area contributed by atoms with Crippen molar-refractivity contribution in [2.24, 2.45) is 0 Å². The van der Waals surface area contributed by atoms with E-state index in [4.69, 9.17) is 33.4 Å². The second kappa shape index (κ2) is 11.8. The predicted molar refractivity (Wildman–Crippen MR) is 155 cm³/mol. The van der Waals surface area contributed by atoms with Crippen molar-refractivity contribution >= 4 is 24.6 Å². The van der Waals surface area contributed by atoms with Crippen LogP contribution in [-0.2, 0) is 34.6 Å². The topological polar surface area (TPSA) is 139 Å². The van der Waals surface area contributed by atoms with Gasteiger partial charge in [0.2, 0.25) is 0 Å². The molecule has 13 heteroatoms. The maximum Gasteiger partial charge on any atom is 0.353 e. The fourth-order valence-electron chi connectivity index (χ4n) is 5.26. The Kier molecular flexibility index (Phi) is 8.12. The van der Waals surface area contributed by atoms with Crippen LogP contribution in [-0.4, -0.2) is 68.1 Å². The lowest BCUT2D eigenvalue weighted by Crippen LogP contribution is -2.33. The van der Waals surface area contributed by atoms with Gasteiger partial charge in [0, 0.05) is 12.1 Å². The second-order valence-corrected chi connectivity index (χ2v) is 12.4. The molecule has 0 spiro atoms. The molecule has 0 bridgehead atoms. The highest BCUT2D eigenvalue weighted by molar-refractivity contribution is 7.52. The molecule has 2 fully saturated rings. The van der Waals surface area contributed by atoms with E-state index in [-0.39, 0.29) is 13.2 Å². The maximum absolute atomic E-state index is 12.1. The molecule has 6 rings (SSSR count). The van der Waals surface area contributed by atoms with Crippen molar-refractivity contribution in [1.29, 1.82) is 0 Å². The molecule has 4 heterocycles. The molecule has 0 radical (unpaired) electrons. The van der Waals surface area contributed by atoms with Gasteiger partial charge >= 0.3 is 7.60 Å². The molecule has 4 aromatic rings. The van der Waals surface area contributed by atoms with Gasteiger partial charge in [-0.2, -0.15) is 0 Å². The highest BCUT2D eigenvalue weighted by atomic mass is 31.2. The third kappa shape index (κ3) is 6.11. The van der Waals surface area contributed by atoms with Crippen molar-refractivity contribution in [3.05, 3.63) is 72.6 Å². The smallest absolute Gasteiger partial charge is 0.353 e. The summed E-state index contributed by atoms with van der Waals surface area (Å²) in [6.45, 7) is 6.00. The number of fused-ring (bicyclic) bond motifs is 2. The molecule has 1 unspecified atom stereocenters. The zero-order valence-electron chi connectivity index (χ0n) is 23.6. The molecular formula is C29H34N5O7P. The molecule has 42 heavy (non-hydrogen) atoms. The highest BCUT2D eigenvalue weighted by Crippen LogP contribution is 2.45. The summed E-state index contributed by atoms with van der Waals surface area (Å²) in [5.41, 5.74) is 3.11. The number of aromatic nitrogens is 4. The number of nitrogens with one attached hydrogen (secondary N) is 1. The Hall–Kier alpha value is -3.22. The van der Waals surface area contributed by atoms with E-state index in [1.165, 1.54) is 0 Å². The molecular weight excluding hydrogens is 561 g/mol. The minimum atomic E-state index is -3.86. The molecule has 0 aliphatic carbocycles. The summed E-state index contributed by atoms with van der Waals surface area (Å²) in [5, 5.41) is 3.43. The van der Waals surface area contributed by atoms with Gasteiger partial charge in [-0.1, -0.05) is 60.7 Å². The second-order valence-electron chi connectivity index (χ2n) is 10.6. The molecule has 222 valence electrons. The fourth-order valence-corrected chi connectivity index (χ4v) is 6.08. The molecule has 2 aromatic carbocycles. The van der Waals surface area contributed by atoms with Crippen LogP contribution in [0.1, 0.15) is 32.6 Å². The van der Waals surface area contributed by atoms with Crippen molar-refractivity contribution in [3.8, 4) is 11.4 Å². The standard InChI is InChI=1S/C29H34N5O7P/c1-4-38-42(35,36)18-37-16-21-23-24(41-29(2,3)40-23)28(39-21)34-17-31-22-26(30-15-19-11-7-5-8-12-19)32-25(33-27(22)34)20-13-9-6-10-14-20/h5-14,17,21,23-24,28H,4,15-16,18H2,1-3H3,(H,35,36)(H,30,32,33)/t21-,23-,24-,28-/m1/s1. The Morgan fingerprint density at radius 1 is 1.05 bits per heavy atom. The zero-order chi connectivity index (χ0) is 29.3. The Balaban J connectivity index is 1.33. The van der Waals surface area contributed by atoms with Crippen molar-refractivity contribution in [3.63, 3.8) is 0 Å². The van der Waals surface area contributed by atoms with Crippen LogP contribution in [0, 0.1) is 0 Å². The molecule has 2 aromatic heterocycles. The van der Waals surface area contributed by atoms with Gasteiger partial charge in [-0.25, -0.2) is 15.0 Å². The van der Waals surface area contributed by atoms with Crippen LogP contribution in [0.15, 0.2) is 67.0 Å². The first-order chi connectivity index (χ1) is 20.2. The first-order valence-electron chi connectivity index (χ1n) is 13.9. The van der Waals surface area contributed by atoms with Crippen molar-refractivity contribution in [2.45, 2.75) is 57.6 Å². The Morgan fingerprint density at radius 2 is 1.76 bits per heavy atom. The van der Waals surface area contributed by atoms with Crippen LogP contribution in [0.25, 0.3) is 22.6 Å². The normalized spacial score (nSPS) is 24.5. The Morgan fingerprint density at radius 3 is 2.50 bits per heavy atom. The minimum Gasteiger partial charge on any atom is -0.366 e. The van der Waals surface area contributed by atoms with Crippen LogP contribution in [0.4, 0.5) is 5.82 Å². The fraction of sp³-hybridized carbons (Fsp3) is 0.414. The van der Waals surface area contributed by atoms with E-state index in [0.29, 0.717) is 29.4 Å². The van der Waals surface area contributed by atoms with E-state index in [2.05, 4.69) is 10.3 Å². The number of hydrogen-bond acceptors (Lipinski definition) is 10. The lowest BCUT2D eigenvalue weighted by Gasteiger charge is -2.25. The van der Waals surface area contributed by atoms with Crippen LogP contribution in [0.5, 0.6) is 0 Å². The summed E-state index contributed by atoms with van der Waals surface area (Å²) in [6.07, 6.45) is -1.01. The lowest BCUT2D eigenvalue weighted by molar-refractivity contribution is -0.201. The van der Waals surface area contributed by atoms with Gasteiger partial charge < -0.3 is 33.7 Å². The van der Waals surface area contributed by atoms with Crippen LogP contribution in [0.2, 0.25) is 0 Å². The van der Waals surface area contributed by atoms with Crippen LogP contribution in [0.3, 0.4) is 0 Å². The molecule has 2 N–H and O–H groups in total. The number of anilines is 1. The lowest BCUT2D eigenvalue weighted by atomic mass is 10.1. The van der Waals surface area contributed by atoms with E-state index in [1.807, 2.05) is 79.1 Å². The summed E-state index contributed by atoms with van der Waals surface area (Å²) in [4.78, 5) is 24.3. The van der Waals surface area contributed by atoms with Crippen LogP contribution >= 0.6 is 7.60 Å². The maximum atomic E-state index is 12.1. The summed E-state index contributed by atoms with van der Waals surface area (Å²) in [7, 11) is -3.86. The van der Waals surface area contributed by atoms with Gasteiger partial charge in [-0.05, 0) is 26.3 Å².